The van der Waals surface area contributed by atoms with Gasteiger partial charge >= 0.3 is 6.03 Å². The van der Waals surface area contributed by atoms with E-state index in [1.165, 1.54) is 12.1 Å². The van der Waals surface area contributed by atoms with Crippen LogP contribution in [-0.4, -0.2) is 26.3 Å². The quantitative estimate of drug-likeness (QED) is 0.800. The second-order valence-corrected chi connectivity index (χ2v) is 3.79. The fourth-order valence-corrected chi connectivity index (χ4v) is 1.33. The van der Waals surface area contributed by atoms with Gasteiger partial charge in [0.25, 0.3) is 0 Å². The molecular formula is C11H14ClFN2O2. The highest BCUT2D eigenvalue weighted by Gasteiger charge is 2.06. The van der Waals surface area contributed by atoms with E-state index in [1.54, 1.807) is 7.11 Å². The predicted octanol–water partition coefficient (Wildman–Crippen LogP) is 2.64. The Morgan fingerprint density at radius 1 is 1.53 bits per heavy atom. The summed E-state index contributed by atoms with van der Waals surface area (Å²) in [5.41, 5.74) is 0.0960. The molecule has 6 heteroatoms. The van der Waals surface area contributed by atoms with Crippen LogP contribution in [-0.2, 0) is 4.74 Å². The van der Waals surface area contributed by atoms with Crippen LogP contribution in [0.1, 0.15) is 6.42 Å². The van der Waals surface area contributed by atoms with E-state index >= 15 is 0 Å². The molecule has 0 spiro atoms. The van der Waals surface area contributed by atoms with Crippen LogP contribution in [0.2, 0.25) is 5.02 Å². The Labute approximate surface area is 104 Å². The molecule has 0 aromatic heterocycles. The lowest BCUT2D eigenvalue weighted by Gasteiger charge is -2.08. The first kappa shape index (κ1) is 13.7. The van der Waals surface area contributed by atoms with Crippen LogP contribution < -0.4 is 10.6 Å². The second-order valence-electron chi connectivity index (χ2n) is 3.35. The van der Waals surface area contributed by atoms with Crippen molar-refractivity contribution in [2.45, 2.75) is 6.42 Å². The van der Waals surface area contributed by atoms with E-state index in [0.717, 1.165) is 6.07 Å². The maximum Gasteiger partial charge on any atom is 0.319 e. The van der Waals surface area contributed by atoms with Gasteiger partial charge in [0, 0.05) is 25.3 Å². The number of rotatable bonds is 5. The molecule has 2 N–H and O–H groups in total. The fraction of sp³-hybridized carbons (Fsp3) is 0.364. The van der Waals surface area contributed by atoms with Gasteiger partial charge in [0.15, 0.2) is 0 Å². The molecule has 0 aliphatic carbocycles. The summed E-state index contributed by atoms with van der Waals surface area (Å²) in [6.45, 7) is 1.03. The standard InChI is InChI=1S/C11H14ClFN2O2/c1-17-6-2-5-14-11(16)15-10-4-3-8(12)7-9(10)13/h3-4,7H,2,5-6H2,1H3,(H2,14,15,16). The first-order chi connectivity index (χ1) is 8.13. The van der Waals surface area contributed by atoms with E-state index in [4.69, 9.17) is 16.3 Å². The molecule has 0 bridgehead atoms. The summed E-state index contributed by atoms with van der Waals surface area (Å²) in [5.74, 6) is -0.565. The molecule has 2 amide bonds. The van der Waals surface area contributed by atoms with Gasteiger partial charge in [-0.05, 0) is 24.6 Å². The van der Waals surface area contributed by atoms with Gasteiger partial charge in [-0.3, -0.25) is 0 Å². The number of hydrogen-bond donors (Lipinski definition) is 2. The third kappa shape index (κ3) is 5.01. The van der Waals surface area contributed by atoms with E-state index < -0.39 is 11.8 Å². The lowest BCUT2D eigenvalue weighted by molar-refractivity contribution is 0.194. The highest BCUT2D eigenvalue weighted by atomic mass is 35.5. The van der Waals surface area contributed by atoms with E-state index in [2.05, 4.69) is 10.6 Å². The molecule has 0 radical (unpaired) electrons. The van der Waals surface area contributed by atoms with E-state index in [1.807, 2.05) is 0 Å². The molecular weight excluding hydrogens is 247 g/mol. The van der Waals surface area contributed by atoms with Gasteiger partial charge < -0.3 is 15.4 Å². The van der Waals surface area contributed by atoms with Crippen molar-refractivity contribution in [1.82, 2.24) is 5.32 Å². The minimum Gasteiger partial charge on any atom is -0.385 e. The molecule has 1 aromatic rings. The number of carbonyl (C=O) groups is 1. The Morgan fingerprint density at radius 3 is 2.94 bits per heavy atom. The van der Waals surface area contributed by atoms with Gasteiger partial charge in [-0.1, -0.05) is 11.6 Å². The molecule has 0 aliphatic heterocycles. The third-order valence-corrected chi connectivity index (χ3v) is 2.23. The zero-order valence-corrected chi connectivity index (χ0v) is 10.2. The normalized spacial score (nSPS) is 10.1. The van der Waals surface area contributed by atoms with Crippen LogP contribution in [0.25, 0.3) is 0 Å². The number of anilines is 1. The Bertz CT molecular complexity index is 388. The summed E-state index contributed by atoms with van der Waals surface area (Å²) in [4.78, 5) is 11.4. The first-order valence-electron chi connectivity index (χ1n) is 5.12. The van der Waals surface area contributed by atoms with Gasteiger partial charge in [0.1, 0.15) is 5.82 Å². The lowest BCUT2D eigenvalue weighted by Crippen LogP contribution is -2.30. The molecule has 1 aromatic carbocycles. The van der Waals surface area contributed by atoms with Crippen LogP contribution in [0, 0.1) is 5.82 Å². The molecule has 0 aliphatic rings. The van der Waals surface area contributed by atoms with Crippen molar-refractivity contribution in [2.75, 3.05) is 25.6 Å². The monoisotopic (exact) mass is 260 g/mol. The summed E-state index contributed by atoms with van der Waals surface area (Å²) in [6.07, 6.45) is 0.701. The van der Waals surface area contributed by atoms with Crippen LogP contribution in [0.4, 0.5) is 14.9 Å². The summed E-state index contributed by atoms with van der Waals surface area (Å²) in [7, 11) is 1.59. The predicted molar refractivity (Wildman–Crippen MR) is 64.9 cm³/mol. The SMILES string of the molecule is COCCCNC(=O)Nc1ccc(Cl)cc1F. The Morgan fingerprint density at radius 2 is 2.29 bits per heavy atom. The topological polar surface area (TPSA) is 50.4 Å². The summed E-state index contributed by atoms with van der Waals surface area (Å²) >= 11 is 5.59. The molecule has 0 fully saturated rings. The Kier molecular flexibility index (Phi) is 5.72. The highest BCUT2D eigenvalue weighted by molar-refractivity contribution is 6.30. The zero-order chi connectivity index (χ0) is 12.7. The Hall–Kier alpha value is -1.33. The smallest absolute Gasteiger partial charge is 0.319 e. The van der Waals surface area contributed by atoms with Crippen LogP contribution in [0.15, 0.2) is 18.2 Å². The van der Waals surface area contributed by atoms with Crippen molar-refractivity contribution in [3.63, 3.8) is 0 Å². The number of nitrogens with one attached hydrogen (secondary N) is 2. The number of methoxy groups -OCH3 is 1. The van der Waals surface area contributed by atoms with E-state index in [-0.39, 0.29) is 10.7 Å². The number of urea groups is 1. The third-order valence-electron chi connectivity index (χ3n) is 1.99. The number of ether oxygens (including phenoxy) is 1. The zero-order valence-electron chi connectivity index (χ0n) is 9.43. The van der Waals surface area contributed by atoms with Crippen LogP contribution in [0.5, 0.6) is 0 Å². The number of hydrogen-bond acceptors (Lipinski definition) is 2. The number of amides is 2. The van der Waals surface area contributed by atoms with E-state index in [0.29, 0.717) is 19.6 Å². The van der Waals surface area contributed by atoms with Gasteiger partial charge in [-0.2, -0.15) is 0 Å². The van der Waals surface area contributed by atoms with Gasteiger partial charge in [-0.15, -0.1) is 0 Å². The van der Waals surface area contributed by atoms with Gasteiger partial charge in [-0.25, -0.2) is 9.18 Å². The maximum absolute atomic E-state index is 13.3. The molecule has 0 unspecified atom stereocenters. The maximum atomic E-state index is 13.3. The average Bonchev–Trinajstić information content (AvgIpc) is 2.28. The second kappa shape index (κ2) is 7.09. The average molecular weight is 261 g/mol. The fourth-order valence-electron chi connectivity index (χ4n) is 1.18. The van der Waals surface area contributed by atoms with Crippen LogP contribution in [0.3, 0.4) is 0 Å². The molecule has 0 atom stereocenters. The van der Waals surface area contributed by atoms with E-state index in [9.17, 15) is 9.18 Å². The van der Waals surface area contributed by atoms with Crippen molar-refractivity contribution >= 4 is 23.3 Å². The molecule has 0 heterocycles. The number of carbonyl (C=O) groups excluding carboxylic acids is 1. The van der Waals surface area contributed by atoms with Gasteiger partial charge in [0.2, 0.25) is 0 Å². The largest absolute Gasteiger partial charge is 0.385 e. The van der Waals surface area contributed by atoms with Crippen molar-refractivity contribution < 1.29 is 13.9 Å². The lowest BCUT2D eigenvalue weighted by atomic mass is 10.3. The Balaban J connectivity index is 2.40. The molecule has 17 heavy (non-hydrogen) atoms. The molecule has 94 valence electrons. The minimum atomic E-state index is -0.565. The summed E-state index contributed by atoms with van der Waals surface area (Å²) < 4.78 is 18.1. The highest BCUT2D eigenvalue weighted by Crippen LogP contribution is 2.18. The van der Waals surface area contributed by atoms with Crippen molar-refractivity contribution in [3.05, 3.63) is 29.0 Å². The molecule has 0 saturated heterocycles. The summed E-state index contributed by atoms with van der Waals surface area (Å²) in [6, 6.07) is 3.60. The van der Waals surface area contributed by atoms with Crippen LogP contribution >= 0.6 is 11.6 Å². The molecule has 4 nitrogen and oxygen atoms in total. The van der Waals surface area contributed by atoms with Crippen molar-refractivity contribution in [3.8, 4) is 0 Å². The van der Waals surface area contributed by atoms with Crippen molar-refractivity contribution in [2.24, 2.45) is 0 Å². The minimum absolute atomic E-state index is 0.0960. The number of benzene rings is 1. The molecule has 1 rings (SSSR count). The molecule has 0 saturated carbocycles. The first-order valence-corrected chi connectivity index (χ1v) is 5.50. The number of halogens is 2. The summed E-state index contributed by atoms with van der Waals surface area (Å²) in [5, 5.41) is 5.25. The van der Waals surface area contributed by atoms with Gasteiger partial charge in [0.05, 0.1) is 5.69 Å². The van der Waals surface area contributed by atoms with Crippen molar-refractivity contribution in [1.29, 1.82) is 0 Å².